The van der Waals surface area contributed by atoms with E-state index in [1.807, 2.05) is 24.3 Å². The fraction of sp³-hybridized carbons (Fsp3) is 0.357. The van der Waals surface area contributed by atoms with E-state index in [9.17, 15) is 5.11 Å². The smallest absolute Gasteiger partial charge is 0.113 e. The van der Waals surface area contributed by atoms with Gasteiger partial charge >= 0.3 is 0 Å². The van der Waals surface area contributed by atoms with E-state index in [4.69, 9.17) is 11.6 Å². The minimum atomic E-state index is -0.369. The van der Waals surface area contributed by atoms with Gasteiger partial charge in [0.25, 0.3) is 0 Å². The monoisotopic (exact) mass is 262 g/mol. The number of fused-ring (bicyclic) bond motifs is 1. The van der Waals surface area contributed by atoms with E-state index in [1.54, 1.807) is 6.20 Å². The first-order valence-corrected chi connectivity index (χ1v) is 6.59. The van der Waals surface area contributed by atoms with Crippen molar-refractivity contribution in [2.45, 2.75) is 31.9 Å². The third kappa shape index (κ3) is 2.04. The van der Waals surface area contributed by atoms with Gasteiger partial charge in [0.2, 0.25) is 0 Å². The topological polar surface area (TPSA) is 38.0 Å². The maximum atomic E-state index is 9.91. The van der Waals surface area contributed by atoms with E-state index >= 15 is 0 Å². The quantitative estimate of drug-likeness (QED) is 0.904. The fourth-order valence-electron chi connectivity index (χ4n) is 2.50. The Morgan fingerprint density at radius 3 is 3.06 bits per heavy atom. The van der Waals surface area contributed by atoms with Crippen LogP contribution in [0.25, 0.3) is 0 Å². The number of rotatable bonds is 2. The predicted octanol–water partition coefficient (Wildman–Crippen LogP) is 2.95. The van der Waals surface area contributed by atoms with Gasteiger partial charge in [-0.05, 0) is 24.5 Å². The highest BCUT2D eigenvalue weighted by Gasteiger charge is 2.21. The van der Waals surface area contributed by atoms with Crippen LogP contribution in [-0.4, -0.2) is 14.7 Å². The molecule has 1 aromatic carbocycles. The van der Waals surface area contributed by atoms with E-state index in [0.717, 1.165) is 41.5 Å². The van der Waals surface area contributed by atoms with Crippen LogP contribution in [0.15, 0.2) is 30.5 Å². The molecule has 1 N–H and O–H groups in total. The maximum absolute atomic E-state index is 9.91. The third-order valence-corrected chi connectivity index (χ3v) is 3.84. The Hall–Kier alpha value is -1.32. The molecule has 0 saturated heterocycles. The molecule has 3 nitrogen and oxygen atoms in total. The van der Waals surface area contributed by atoms with Gasteiger partial charge in [0, 0.05) is 18.0 Å². The van der Waals surface area contributed by atoms with Crippen molar-refractivity contribution >= 4 is 11.6 Å². The molecule has 2 heterocycles. The lowest BCUT2D eigenvalue weighted by Crippen LogP contribution is -2.17. The number of benzene rings is 1. The third-order valence-electron chi connectivity index (χ3n) is 3.48. The zero-order valence-electron chi connectivity index (χ0n) is 10.0. The van der Waals surface area contributed by atoms with Crippen LogP contribution in [0, 0.1) is 0 Å². The van der Waals surface area contributed by atoms with Crippen molar-refractivity contribution in [3.05, 3.63) is 52.6 Å². The Morgan fingerprint density at radius 2 is 2.22 bits per heavy atom. The Labute approximate surface area is 111 Å². The summed E-state index contributed by atoms with van der Waals surface area (Å²) in [5, 5.41) is 10.7. The van der Waals surface area contributed by atoms with Crippen molar-refractivity contribution in [2.75, 3.05) is 0 Å². The number of aliphatic hydroxyl groups is 1. The maximum Gasteiger partial charge on any atom is 0.113 e. The summed E-state index contributed by atoms with van der Waals surface area (Å²) in [6, 6.07) is 7.82. The summed E-state index contributed by atoms with van der Waals surface area (Å²) in [4.78, 5) is 4.43. The van der Waals surface area contributed by atoms with Crippen molar-refractivity contribution in [1.29, 1.82) is 0 Å². The van der Waals surface area contributed by atoms with E-state index in [-0.39, 0.29) is 6.10 Å². The number of imidazole rings is 1. The van der Waals surface area contributed by atoms with Crippen LogP contribution in [0.1, 0.15) is 36.0 Å². The minimum absolute atomic E-state index is 0.369. The molecule has 18 heavy (non-hydrogen) atoms. The summed E-state index contributed by atoms with van der Waals surface area (Å²) >= 11 is 6.17. The molecule has 0 fully saturated rings. The van der Waals surface area contributed by atoms with Gasteiger partial charge in [-0.25, -0.2) is 4.98 Å². The van der Waals surface area contributed by atoms with Crippen molar-refractivity contribution in [3.8, 4) is 0 Å². The first-order chi connectivity index (χ1) is 8.75. The van der Waals surface area contributed by atoms with E-state index in [2.05, 4.69) is 9.55 Å². The number of aromatic nitrogens is 2. The van der Waals surface area contributed by atoms with Crippen molar-refractivity contribution in [1.82, 2.24) is 9.55 Å². The molecule has 3 rings (SSSR count). The highest BCUT2D eigenvalue weighted by atomic mass is 35.5. The highest BCUT2D eigenvalue weighted by Crippen LogP contribution is 2.27. The van der Waals surface area contributed by atoms with Crippen LogP contribution >= 0.6 is 11.6 Å². The lowest BCUT2D eigenvalue weighted by molar-refractivity contribution is 0.138. The van der Waals surface area contributed by atoms with Crippen LogP contribution in [0.4, 0.5) is 0 Å². The molecule has 0 radical (unpaired) electrons. The molecule has 4 heteroatoms. The van der Waals surface area contributed by atoms with Gasteiger partial charge in [-0.1, -0.05) is 29.8 Å². The van der Waals surface area contributed by atoms with E-state index < -0.39 is 0 Å². The van der Waals surface area contributed by atoms with E-state index in [1.165, 1.54) is 0 Å². The average Bonchev–Trinajstić information content (AvgIpc) is 2.77. The van der Waals surface area contributed by atoms with Crippen LogP contribution in [0.3, 0.4) is 0 Å². The lowest BCUT2D eigenvalue weighted by atomic mass is 10.1. The molecule has 0 bridgehead atoms. The largest absolute Gasteiger partial charge is 0.387 e. The molecule has 1 atom stereocenters. The van der Waals surface area contributed by atoms with Crippen LogP contribution in [-0.2, 0) is 13.0 Å². The molecule has 2 aromatic rings. The first kappa shape index (κ1) is 11.8. The second-order valence-corrected chi connectivity index (χ2v) is 5.08. The molecular weight excluding hydrogens is 248 g/mol. The second-order valence-electron chi connectivity index (χ2n) is 4.68. The van der Waals surface area contributed by atoms with Gasteiger partial charge in [0.1, 0.15) is 5.82 Å². The van der Waals surface area contributed by atoms with Gasteiger partial charge in [-0.2, -0.15) is 0 Å². The molecule has 1 unspecified atom stereocenters. The molecular formula is C14H15ClN2O. The molecule has 94 valence electrons. The zero-order chi connectivity index (χ0) is 12.5. The Kier molecular flexibility index (Phi) is 3.10. The van der Waals surface area contributed by atoms with Crippen molar-refractivity contribution in [2.24, 2.45) is 0 Å². The van der Waals surface area contributed by atoms with Gasteiger partial charge in [0.15, 0.2) is 0 Å². The number of hydrogen-bond acceptors (Lipinski definition) is 2. The predicted molar refractivity (Wildman–Crippen MR) is 70.7 cm³/mol. The highest BCUT2D eigenvalue weighted by molar-refractivity contribution is 6.31. The number of hydrogen-bond donors (Lipinski definition) is 1. The summed E-state index contributed by atoms with van der Waals surface area (Å²) in [7, 11) is 0. The normalized spacial score (nSPS) is 18.7. The summed E-state index contributed by atoms with van der Waals surface area (Å²) in [5.74, 6) is 0.983. The fourth-order valence-corrected chi connectivity index (χ4v) is 2.70. The van der Waals surface area contributed by atoms with Crippen molar-refractivity contribution in [3.63, 3.8) is 0 Å². The van der Waals surface area contributed by atoms with Crippen LogP contribution in [0.5, 0.6) is 0 Å². The molecule has 1 aliphatic rings. The molecule has 1 aromatic heterocycles. The Balaban J connectivity index is 1.92. The van der Waals surface area contributed by atoms with Gasteiger partial charge in [0.05, 0.1) is 18.0 Å². The SMILES string of the molecule is OC1CCCn2c1cnc2Cc1ccccc1Cl. The molecule has 0 saturated carbocycles. The lowest BCUT2D eigenvalue weighted by Gasteiger charge is -2.21. The minimum Gasteiger partial charge on any atom is -0.387 e. The van der Waals surface area contributed by atoms with Gasteiger partial charge < -0.3 is 9.67 Å². The van der Waals surface area contributed by atoms with Gasteiger partial charge in [-0.15, -0.1) is 0 Å². The first-order valence-electron chi connectivity index (χ1n) is 6.21. The molecule has 0 spiro atoms. The summed E-state index contributed by atoms with van der Waals surface area (Å²) in [5.41, 5.74) is 2.01. The van der Waals surface area contributed by atoms with Crippen LogP contribution < -0.4 is 0 Å². The second kappa shape index (κ2) is 4.75. The summed E-state index contributed by atoms with van der Waals surface area (Å²) in [6.07, 6.45) is 3.96. The van der Waals surface area contributed by atoms with E-state index in [0.29, 0.717) is 6.42 Å². The molecule has 0 aliphatic carbocycles. The molecule has 1 aliphatic heterocycles. The Morgan fingerprint density at radius 1 is 1.39 bits per heavy atom. The average molecular weight is 263 g/mol. The number of aliphatic hydroxyl groups excluding tert-OH is 1. The van der Waals surface area contributed by atoms with Crippen LogP contribution in [0.2, 0.25) is 5.02 Å². The van der Waals surface area contributed by atoms with Crippen molar-refractivity contribution < 1.29 is 5.11 Å². The number of halogens is 1. The summed E-state index contributed by atoms with van der Waals surface area (Å²) in [6.45, 7) is 0.937. The Bertz CT molecular complexity index is 565. The standard InChI is InChI=1S/C14H15ClN2O/c15-11-5-2-1-4-10(11)8-14-16-9-12-13(18)6-3-7-17(12)14/h1-2,4-5,9,13,18H,3,6-8H2. The summed E-state index contributed by atoms with van der Waals surface area (Å²) < 4.78 is 2.12. The zero-order valence-corrected chi connectivity index (χ0v) is 10.8. The van der Waals surface area contributed by atoms with Gasteiger partial charge in [-0.3, -0.25) is 0 Å². The molecule has 0 amide bonds. The number of nitrogens with zero attached hydrogens (tertiary/aromatic N) is 2.